The number of nitrogens with zero attached hydrogens (tertiary/aromatic N) is 4. The van der Waals surface area contributed by atoms with Crippen molar-refractivity contribution in [3.05, 3.63) is 65.5 Å². The van der Waals surface area contributed by atoms with Crippen molar-refractivity contribution in [1.82, 2.24) is 20.2 Å². The molecule has 26 heavy (non-hydrogen) atoms. The molecule has 5 nitrogen and oxygen atoms in total. The molecule has 0 saturated heterocycles. The van der Waals surface area contributed by atoms with Crippen molar-refractivity contribution in [3.63, 3.8) is 0 Å². The van der Waals surface area contributed by atoms with Gasteiger partial charge in [-0.25, -0.2) is 4.39 Å². The highest BCUT2D eigenvalue weighted by atomic mass is 32.2. The Morgan fingerprint density at radius 1 is 1.15 bits per heavy atom. The lowest BCUT2D eigenvalue weighted by Gasteiger charge is -2.18. The Bertz CT molecular complexity index is 916. The molecule has 0 amide bonds. The lowest BCUT2D eigenvalue weighted by molar-refractivity contribution is 0.102. The number of benzene rings is 2. The van der Waals surface area contributed by atoms with E-state index in [9.17, 15) is 9.18 Å². The van der Waals surface area contributed by atoms with Crippen LogP contribution in [0.4, 0.5) is 4.39 Å². The van der Waals surface area contributed by atoms with E-state index in [0.29, 0.717) is 16.4 Å². The minimum atomic E-state index is -0.371. The van der Waals surface area contributed by atoms with Crippen LogP contribution in [-0.2, 0) is 5.41 Å². The molecule has 0 aliphatic rings. The van der Waals surface area contributed by atoms with Crippen LogP contribution in [0.5, 0.6) is 0 Å². The van der Waals surface area contributed by atoms with E-state index >= 15 is 0 Å². The standard InChI is InChI=1S/C19H19FN4OS/c1-19(2,3)14-9-7-13(8-10-14)17(25)12-26-18-21-22-23-24(18)16-6-4-5-15(20)11-16/h4-11H,12H2,1-3H3. The number of tetrazole rings is 1. The average Bonchev–Trinajstić information content (AvgIpc) is 3.07. The molecule has 0 atom stereocenters. The van der Waals surface area contributed by atoms with Crippen molar-refractivity contribution >= 4 is 17.5 Å². The van der Waals surface area contributed by atoms with Crippen LogP contribution in [0.3, 0.4) is 0 Å². The smallest absolute Gasteiger partial charge is 0.214 e. The van der Waals surface area contributed by atoms with Gasteiger partial charge in [0.1, 0.15) is 5.82 Å². The summed E-state index contributed by atoms with van der Waals surface area (Å²) in [4.78, 5) is 12.4. The van der Waals surface area contributed by atoms with E-state index in [4.69, 9.17) is 0 Å². The van der Waals surface area contributed by atoms with Crippen LogP contribution in [0.2, 0.25) is 0 Å². The third kappa shape index (κ3) is 4.16. The summed E-state index contributed by atoms with van der Waals surface area (Å²) in [5.41, 5.74) is 2.38. The summed E-state index contributed by atoms with van der Waals surface area (Å²) in [6, 6.07) is 13.6. The van der Waals surface area contributed by atoms with Crippen LogP contribution in [0.15, 0.2) is 53.7 Å². The van der Waals surface area contributed by atoms with Gasteiger partial charge in [0, 0.05) is 5.56 Å². The van der Waals surface area contributed by atoms with Gasteiger partial charge in [-0.1, -0.05) is 62.9 Å². The summed E-state index contributed by atoms with van der Waals surface area (Å²) in [5.74, 6) is -0.182. The van der Waals surface area contributed by atoms with E-state index in [2.05, 4.69) is 36.3 Å². The second-order valence-electron chi connectivity index (χ2n) is 6.89. The van der Waals surface area contributed by atoms with Crippen molar-refractivity contribution in [1.29, 1.82) is 0 Å². The van der Waals surface area contributed by atoms with E-state index in [1.165, 1.54) is 34.1 Å². The van der Waals surface area contributed by atoms with E-state index in [0.717, 1.165) is 0 Å². The zero-order valence-electron chi connectivity index (χ0n) is 14.8. The number of rotatable bonds is 5. The van der Waals surface area contributed by atoms with Gasteiger partial charge in [0.2, 0.25) is 5.16 Å². The van der Waals surface area contributed by atoms with Crippen molar-refractivity contribution in [2.45, 2.75) is 31.3 Å². The molecule has 0 radical (unpaired) electrons. The van der Waals surface area contributed by atoms with Crippen LogP contribution in [-0.4, -0.2) is 31.7 Å². The first-order chi connectivity index (χ1) is 12.3. The maximum Gasteiger partial charge on any atom is 0.214 e. The second-order valence-corrected chi connectivity index (χ2v) is 7.83. The fourth-order valence-corrected chi connectivity index (χ4v) is 3.19. The predicted octanol–water partition coefficient (Wildman–Crippen LogP) is 4.07. The number of carbonyl (C=O) groups is 1. The second kappa shape index (κ2) is 7.37. The summed E-state index contributed by atoms with van der Waals surface area (Å²) in [7, 11) is 0. The third-order valence-corrected chi connectivity index (χ3v) is 4.82. The highest BCUT2D eigenvalue weighted by Crippen LogP contribution is 2.24. The molecule has 7 heteroatoms. The van der Waals surface area contributed by atoms with Crippen LogP contribution in [0.25, 0.3) is 5.69 Å². The Hall–Kier alpha value is -2.54. The lowest BCUT2D eigenvalue weighted by atomic mass is 9.86. The third-order valence-electron chi connectivity index (χ3n) is 3.90. The van der Waals surface area contributed by atoms with Crippen LogP contribution >= 0.6 is 11.8 Å². The minimum absolute atomic E-state index is 0.00995. The van der Waals surface area contributed by atoms with Crippen LogP contribution in [0, 0.1) is 5.82 Å². The molecule has 0 aliphatic carbocycles. The highest BCUT2D eigenvalue weighted by molar-refractivity contribution is 7.99. The number of aromatic nitrogens is 4. The van der Waals surface area contributed by atoms with Crippen molar-refractivity contribution in [2.24, 2.45) is 0 Å². The quantitative estimate of drug-likeness (QED) is 0.500. The fraction of sp³-hybridized carbons (Fsp3) is 0.263. The van der Waals surface area contributed by atoms with Gasteiger partial charge in [0.05, 0.1) is 11.4 Å². The van der Waals surface area contributed by atoms with Crippen molar-refractivity contribution in [2.75, 3.05) is 5.75 Å². The molecule has 134 valence electrons. The maximum absolute atomic E-state index is 13.4. The van der Waals surface area contributed by atoms with Gasteiger partial charge in [-0.05, 0) is 39.6 Å². The summed E-state index contributed by atoms with van der Waals surface area (Å²) < 4.78 is 14.8. The van der Waals surface area contributed by atoms with Gasteiger partial charge in [-0.3, -0.25) is 4.79 Å². The molecule has 3 aromatic rings. The van der Waals surface area contributed by atoms with E-state index < -0.39 is 0 Å². The van der Waals surface area contributed by atoms with E-state index in [1.807, 2.05) is 24.3 Å². The number of ketones is 1. The van der Waals surface area contributed by atoms with Gasteiger partial charge in [0.15, 0.2) is 5.78 Å². The Labute approximate surface area is 155 Å². The largest absolute Gasteiger partial charge is 0.293 e. The summed E-state index contributed by atoms with van der Waals surface area (Å²) in [5, 5.41) is 11.9. The van der Waals surface area contributed by atoms with Gasteiger partial charge in [-0.2, -0.15) is 4.68 Å². The van der Waals surface area contributed by atoms with Crippen molar-refractivity contribution in [3.8, 4) is 5.69 Å². The summed E-state index contributed by atoms with van der Waals surface area (Å²) in [6.07, 6.45) is 0. The molecule has 1 aromatic heterocycles. The molecule has 0 aliphatic heterocycles. The Kier molecular flexibility index (Phi) is 5.18. The SMILES string of the molecule is CC(C)(C)c1ccc(C(=O)CSc2nnnn2-c2cccc(F)c2)cc1. The molecule has 0 bridgehead atoms. The van der Waals surface area contributed by atoms with Gasteiger partial charge < -0.3 is 0 Å². The number of halogens is 1. The fourth-order valence-electron chi connectivity index (χ4n) is 2.41. The number of carbonyl (C=O) groups excluding carboxylic acids is 1. The summed E-state index contributed by atoms with van der Waals surface area (Å²) >= 11 is 1.22. The van der Waals surface area contributed by atoms with Gasteiger partial charge in [-0.15, -0.1) is 5.10 Å². The Morgan fingerprint density at radius 3 is 2.54 bits per heavy atom. The molecule has 0 unspecified atom stereocenters. The molecule has 0 N–H and O–H groups in total. The lowest BCUT2D eigenvalue weighted by Crippen LogP contribution is -2.11. The molecule has 3 rings (SSSR count). The van der Waals surface area contributed by atoms with Gasteiger partial charge >= 0.3 is 0 Å². The number of hydrogen-bond acceptors (Lipinski definition) is 5. The topological polar surface area (TPSA) is 60.7 Å². The minimum Gasteiger partial charge on any atom is -0.293 e. The number of thioether (sulfide) groups is 1. The number of Topliss-reactive ketones (excluding diaryl/α,β-unsaturated/α-hetero) is 1. The molecule has 1 heterocycles. The number of hydrogen-bond donors (Lipinski definition) is 0. The predicted molar refractivity (Wildman–Crippen MR) is 99.3 cm³/mol. The Morgan fingerprint density at radius 2 is 1.88 bits per heavy atom. The zero-order valence-corrected chi connectivity index (χ0v) is 15.6. The summed E-state index contributed by atoms with van der Waals surface area (Å²) in [6.45, 7) is 6.39. The molecule has 2 aromatic carbocycles. The first kappa shape index (κ1) is 18.3. The van der Waals surface area contributed by atoms with E-state index in [1.54, 1.807) is 12.1 Å². The molecule has 0 fully saturated rings. The first-order valence-electron chi connectivity index (χ1n) is 8.15. The zero-order chi connectivity index (χ0) is 18.7. The highest BCUT2D eigenvalue weighted by Gasteiger charge is 2.16. The van der Waals surface area contributed by atoms with Gasteiger partial charge in [0.25, 0.3) is 0 Å². The van der Waals surface area contributed by atoms with Crippen molar-refractivity contribution < 1.29 is 9.18 Å². The molecule has 0 saturated carbocycles. The average molecular weight is 370 g/mol. The maximum atomic E-state index is 13.4. The monoisotopic (exact) mass is 370 g/mol. The molecule has 0 spiro atoms. The normalized spacial score (nSPS) is 11.5. The van der Waals surface area contributed by atoms with Crippen LogP contribution in [0.1, 0.15) is 36.7 Å². The first-order valence-corrected chi connectivity index (χ1v) is 9.14. The van der Waals surface area contributed by atoms with Crippen LogP contribution < -0.4 is 0 Å². The van der Waals surface area contributed by atoms with E-state index in [-0.39, 0.29) is 22.8 Å². The molecular weight excluding hydrogens is 351 g/mol. The molecular formula is C19H19FN4OS. The Balaban J connectivity index is 1.70.